The smallest absolute Gasteiger partial charge is 0.259 e. The molecule has 0 aromatic carbocycles. The number of anilines is 1. The van der Waals surface area contributed by atoms with Gasteiger partial charge in [-0.25, -0.2) is 8.42 Å². The molecule has 1 amide bonds. The fourth-order valence-corrected chi connectivity index (χ4v) is 3.62. The van der Waals surface area contributed by atoms with Crippen LogP contribution in [0.15, 0.2) is 6.20 Å². The highest BCUT2D eigenvalue weighted by Crippen LogP contribution is 2.18. The van der Waals surface area contributed by atoms with Crippen LogP contribution in [0, 0.1) is 0 Å². The molecule has 7 nitrogen and oxygen atoms in total. The van der Waals surface area contributed by atoms with Crippen LogP contribution in [-0.2, 0) is 16.9 Å². The van der Waals surface area contributed by atoms with Gasteiger partial charge in [0.15, 0.2) is 9.84 Å². The minimum atomic E-state index is -3.03. The van der Waals surface area contributed by atoms with Crippen molar-refractivity contribution in [3.63, 3.8) is 0 Å². The average Bonchev–Trinajstić information content (AvgIpc) is 2.58. The molecule has 2 N–H and O–H groups in total. The largest absolute Gasteiger partial charge is 0.383 e. The molecule has 18 heavy (non-hydrogen) atoms. The van der Waals surface area contributed by atoms with E-state index in [-0.39, 0.29) is 30.0 Å². The Labute approximate surface area is 105 Å². The standard InChI is InChI=1S/C10H16N4O3S/c1-7-6-18(16,17)4-3-14(7)10(15)8-5-12-13(2)9(8)11/h5,7H,3-4,6,11H2,1-2H3. The second kappa shape index (κ2) is 4.27. The first kappa shape index (κ1) is 12.9. The van der Waals surface area contributed by atoms with Crippen molar-refractivity contribution in [2.45, 2.75) is 13.0 Å². The maximum atomic E-state index is 12.3. The van der Waals surface area contributed by atoms with Gasteiger partial charge in [-0.2, -0.15) is 5.10 Å². The number of hydrogen-bond acceptors (Lipinski definition) is 5. The molecular formula is C10H16N4O3S. The zero-order valence-electron chi connectivity index (χ0n) is 10.3. The number of nitrogen functional groups attached to an aromatic ring is 1. The number of sulfone groups is 1. The lowest BCUT2D eigenvalue weighted by atomic mass is 10.2. The highest BCUT2D eigenvalue weighted by Gasteiger charge is 2.32. The number of nitrogens with zero attached hydrogens (tertiary/aromatic N) is 3. The van der Waals surface area contributed by atoms with Crippen LogP contribution in [0.1, 0.15) is 17.3 Å². The van der Waals surface area contributed by atoms with Gasteiger partial charge in [-0.1, -0.05) is 0 Å². The van der Waals surface area contributed by atoms with Crippen molar-refractivity contribution in [3.05, 3.63) is 11.8 Å². The topological polar surface area (TPSA) is 98.3 Å². The summed E-state index contributed by atoms with van der Waals surface area (Å²) in [7, 11) is -1.38. The Kier molecular flexibility index (Phi) is 3.05. The van der Waals surface area contributed by atoms with Crippen LogP contribution in [0.25, 0.3) is 0 Å². The molecule has 1 fully saturated rings. The summed E-state index contributed by atoms with van der Waals surface area (Å²) in [5.74, 6) is 0.0333. The van der Waals surface area contributed by atoms with Gasteiger partial charge in [0, 0.05) is 19.6 Å². The molecule has 1 saturated heterocycles. The van der Waals surface area contributed by atoms with Gasteiger partial charge in [-0.3, -0.25) is 9.48 Å². The lowest BCUT2D eigenvalue weighted by molar-refractivity contribution is 0.0713. The van der Waals surface area contributed by atoms with Crippen LogP contribution in [0.2, 0.25) is 0 Å². The van der Waals surface area contributed by atoms with Crippen molar-refractivity contribution in [2.24, 2.45) is 7.05 Å². The van der Waals surface area contributed by atoms with Gasteiger partial charge in [-0.05, 0) is 6.92 Å². The second-order valence-corrected chi connectivity index (χ2v) is 6.76. The molecule has 0 radical (unpaired) electrons. The van der Waals surface area contributed by atoms with Crippen molar-refractivity contribution in [2.75, 3.05) is 23.8 Å². The summed E-state index contributed by atoms with van der Waals surface area (Å²) in [4.78, 5) is 13.8. The van der Waals surface area contributed by atoms with E-state index in [1.807, 2.05) is 0 Å². The lowest BCUT2D eigenvalue weighted by Gasteiger charge is -2.33. The molecule has 0 spiro atoms. The van der Waals surface area contributed by atoms with Crippen molar-refractivity contribution < 1.29 is 13.2 Å². The quantitative estimate of drug-likeness (QED) is 0.726. The van der Waals surface area contributed by atoms with Crippen LogP contribution in [0.4, 0.5) is 5.82 Å². The Hall–Kier alpha value is -1.57. The number of aromatic nitrogens is 2. The Morgan fingerprint density at radius 1 is 1.56 bits per heavy atom. The van der Waals surface area contributed by atoms with Gasteiger partial charge in [0.2, 0.25) is 0 Å². The summed E-state index contributed by atoms with van der Waals surface area (Å²) in [6.07, 6.45) is 1.41. The Morgan fingerprint density at radius 2 is 2.22 bits per heavy atom. The molecular weight excluding hydrogens is 256 g/mol. The van der Waals surface area contributed by atoms with E-state index in [4.69, 9.17) is 5.73 Å². The minimum Gasteiger partial charge on any atom is -0.383 e. The number of nitrogens with two attached hydrogens (primary N) is 1. The number of aryl methyl sites for hydroxylation is 1. The van der Waals surface area contributed by atoms with E-state index in [2.05, 4.69) is 5.10 Å². The van der Waals surface area contributed by atoms with Crippen molar-refractivity contribution >= 4 is 21.6 Å². The minimum absolute atomic E-state index is 0.00108. The van der Waals surface area contributed by atoms with Crippen LogP contribution in [0.3, 0.4) is 0 Å². The number of carbonyl (C=O) groups is 1. The third kappa shape index (κ3) is 2.20. The van der Waals surface area contributed by atoms with Gasteiger partial charge in [0.1, 0.15) is 11.4 Å². The Bertz CT molecular complexity index is 578. The van der Waals surface area contributed by atoms with Gasteiger partial charge >= 0.3 is 0 Å². The van der Waals surface area contributed by atoms with E-state index in [0.717, 1.165) is 0 Å². The first-order chi connectivity index (χ1) is 8.32. The van der Waals surface area contributed by atoms with Gasteiger partial charge in [-0.15, -0.1) is 0 Å². The molecule has 100 valence electrons. The number of carbonyl (C=O) groups excluding carboxylic acids is 1. The second-order valence-electron chi connectivity index (χ2n) is 4.53. The summed E-state index contributed by atoms with van der Waals surface area (Å²) in [6.45, 7) is 1.93. The SMILES string of the molecule is CC1CS(=O)(=O)CCN1C(=O)c1cnn(C)c1N. The summed E-state index contributed by atoms with van der Waals surface area (Å²) >= 11 is 0. The molecule has 0 aliphatic carbocycles. The molecule has 2 heterocycles. The van der Waals surface area contributed by atoms with Crippen molar-refractivity contribution in [1.29, 1.82) is 0 Å². The number of amides is 1. The van der Waals surface area contributed by atoms with Crippen LogP contribution < -0.4 is 5.73 Å². The van der Waals surface area contributed by atoms with E-state index in [1.54, 1.807) is 14.0 Å². The average molecular weight is 272 g/mol. The monoisotopic (exact) mass is 272 g/mol. The van der Waals surface area contributed by atoms with E-state index < -0.39 is 9.84 Å². The maximum absolute atomic E-state index is 12.3. The predicted octanol–water partition coefficient (Wildman–Crippen LogP) is -0.739. The lowest BCUT2D eigenvalue weighted by Crippen LogP contribution is -2.49. The summed E-state index contributed by atoms with van der Waals surface area (Å²) < 4.78 is 24.3. The van der Waals surface area contributed by atoms with Gasteiger partial charge in [0.05, 0.1) is 17.7 Å². The van der Waals surface area contributed by atoms with Crippen LogP contribution in [0.5, 0.6) is 0 Å². The normalized spacial score (nSPS) is 23.0. The van der Waals surface area contributed by atoms with Gasteiger partial charge < -0.3 is 10.6 Å². The molecule has 1 aromatic heterocycles. The van der Waals surface area contributed by atoms with Gasteiger partial charge in [0.25, 0.3) is 5.91 Å². The zero-order valence-corrected chi connectivity index (χ0v) is 11.1. The third-order valence-electron chi connectivity index (χ3n) is 3.15. The van der Waals surface area contributed by atoms with E-state index in [1.165, 1.54) is 15.8 Å². The van der Waals surface area contributed by atoms with Crippen molar-refractivity contribution in [3.8, 4) is 0 Å². The number of rotatable bonds is 1. The Morgan fingerprint density at radius 3 is 2.72 bits per heavy atom. The van der Waals surface area contributed by atoms with E-state index in [9.17, 15) is 13.2 Å². The summed E-state index contributed by atoms with van der Waals surface area (Å²) in [5, 5.41) is 3.91. The first-order valence-corrected chi connectivity index (χ1v) is 7.43. The predicted molar refractivity (Wildman–Crippen MR) is 66.8 cm³/mol. The molecule has 1 atom stereocenters. The fraction of sp³-hybridized carbons (Fsp3) is 0.600. The third-order valence-corrected chi connectivity index (χ3v) is 4.94. The summed E-state index contributed by atoms with van der Waals surface area (Å²) in [6, 6.07) is -0.337. The molecule has 1 aliphatic rings. The summed E-state index contributed by atoms with van der Waals surface area (Å²) in [5.41, 5.74) is 6.07. The molecule has 0 saturated carbocycles. The molecule has 1 unspecified atom stereocenters. The fourth-order valence-electron chi connectivity index (χ4n) is 2.07. The van der Waals surface area contributed by atoms with Crippen LogP contribution in [-0.4, -0.2) is 53.1 Å². The Balaban J connectivity index is 2.23. The maximum Gasteiger partial charge on any atom is 0.259 e. The molecule has 2 rings (SSSR count). The van der Waals surface area contributed by atoms with Crippen molar-refractivity contribution in [1.82, 2.24) is 14.7 Å². The first-order valence-electron chi connectivity index (χ1n) is 5.60. The molecule has 1 aliphatic heterocycles. The molecule has 1 aromatic rings. The van der Waals surface area contributed by atoms with E-state index in [0.29, 0.717) is 11.4 Å². The van der Waals surface area contributed by atoms with Crippen LogP contribution >= 0.6 is 0 Å². The molecule has 0 bridgehead atoms. The molecule has 8 heteroatoms. The zero-order chi connectivity index (χ0) is 13.5. The highest BCUT2D eigenvalue weighted by molar-refractivity contribution is 7.91. The highest BCUT2D eigenvalue weighted by atomic mass is 32.2. The number of hydrogen-bond donors (Lipinski definition) is 1. The van der Waals surface area contributed by atoms with E-state index >= 15 is 0 Å².